The van der Waals surface area contributed by atoms with E-state index in [9.17, 15) is 4.79 Å². The molecule has 3 rings (SSSR count). The molecular formula is C16H17N5O2S. The number of rotatable bonds is 7. The standard InChI is InChI=1S/C16H17N5O2S/c1-11-6-10-23-13(11)14(22)18-8-4-9-19-16-21-20-15(24-16)12-5-2-3-7-17-12/h2-3,5-7,10H,4,8-9H2,1H3,(H,18,22)(H,19,21). The molecule has 0 aromatic carbocycles. The van der Waals surface area contributed by atoms with Gasteiger partial charge in [0.15, 0.2) is 10.8 Å². The van der Waals surface area contributed by atoms with Crippen molar-refractivity contribution >= 4 is 22.4 Å². The second kappa shape index (κ2) is 7.69. The number of carbonyl (C=O) groups is 1. The maximum absolute atomic E-state index is 11.9. The van der Waals surface area contributed by atoms with E-state index in [4.69, 9.17) is 4.42 Å². The zero-order valence-electron chi connectivity index (χ0n) is 13.2. The van der Waals surface area contributed by atoms with E-state index in [1.54, 1.807) is 12.3 Å². The van der Waals surface area contributed by atoms with E-state index in [0.717, 1.165) is 27.8 Å². The fourth-order valence-corrected chi connectivity index (χ4v) is 2.80. The normalized spacial score (nSPS) is 10.5. The topological polar surface area (TPSA) is 92.9 Å². The van der Waals surface area contributed by atoms with Crippen molar-refractivity contribution in [3.63, 3.8) is 0 Å². The average Bonchev–Trinajstić information content (AvgIpc) is 3.24. The molecule has 0 atom stereocenters. The molecule has 0 spiro atoms. The Morgan fingerprint density at radius 1 is 1.25 bits per heavy atom. The van der Waals surface area contributed by atoms with Crippen molar-refractivity contribution in [1.82, 2.24) is 20.5 Å². The van der Waals surface area contributed by atoms with Crippen molar-refractivity contribution in [3.05, 3.63) is 48.0 Å². The molecule has 0 unspecified atom stereocenters. The van der Waals surface area contributed by atoms with Crippen molar-refractivity contribution in [2.75, 3.05) is 18.4 Å². The van der Waals surface area contributed by atoms with Crippen LogP contribution in [0.4, 0.5) is 5.13 Å². The summed E-state index contributed by atoms with van der Waals surface area (Å²) in [7, 11) is 0. The molecule has 0 aliphatic carbocycles. The first-order valence-corrected chi connectivity index (χ1v) is 8.37. The monoisotopic (exact) mass is 343 g/mol. The van der Waals surface area contributed by atoms with E-state index in [0.29, 0.717) is 18.8 Å². The van der Waals surface area contributed by atoms with Crippen molar-refractivity contribution in [3.8, 4) is 10.7 Å². The Bertz CT molecular complexity index is 800. The molecule has 1 amide bonds. The molecule has 3 heterocycles. The minimum Gasteiger partial charge on any atom is -0.459 e. The number of amides is 1. The summed E-state index contributed by atoms with van der Waals surface area (Å²) < 4.78 is 5.15. The first kappa shape index (κ1) is 16.1. The minimum absolute atomic E-state index is 0.189. The predicted octanol–water partition coefficient (Wildman–Crippen LogP) is 2.73. The number of hydrogen-bond donors (Lipinski definition) is 2. The summed E-state index contributed by atoms with van der Waals surface area (Å²) in [4.78, 5) is 16.1. The van der Waals surface area contributed by atoms with E-state index in [-0.39, 0.29) is 5.91 Å². The molecule has 0 aliphatic rings. The van der Waals surface area contributed by atoms with Gasteiger partial charge in [-0.25, -0.2) is 0 Å². The second-order valence-electron chi connectivity index (χ2n) is 5.10. The lowest BCUT2D eigenvalue weighted by atomic mass is 10.2. The number of aromatic nitrogens is 3. The molecule has 3 aromatic heterocycles. The van der Waals surface area contributed by atoms with Gasteiger partial charge in [0.05, 0.1) is 6.26 Å². The highest BCUT2D eigenvalue weighted by molar-refractivity contribution is 7.18. The number of nitrogens with zero attached hydrogens (tertiary/aromatic N) is 3. The van der Waals surface area contributed by atoms with Crippen LogP contribution < -0.4 is 10.6 Å². The number of nitrogens with one attached hydrogen (secondary N) is 2. The molecule has 24 heavy (non-hydrogen) atoms. The van der Waals surface area contributed by atoms with Gasteiger partial charge in [0.1, 0.15) is 5.69 Å². The van der Waals surface area contributed by atoms with Gasteiger partial charge in [0.25, 0.3) is 5.91 Å². The highest BCUT2D eigenvalue weighted by atomic mass is 32.1. The summed E-state index contributed by atoms with van der Waals surface area (Å²) in [5.74, 6) is 0.179. The van der Waals surface area contributed by atoms with Gasteiger partial charge in [-0.15, -0.1) is 10.2 Å². The van der Waals surface area contributed by atoms with Crippen LogP contribution >= 0.6 is 11.3 Å². The van der Waals surface area contributed by atoms with Crippen LogP contribution in [0.3, 0.4) is 0 Å². The van der Waals surface area contributed by atoms with E-state index in [2.05, 4.69) is 25.8 Å². The maximum Gasteiger partial charge on any atom is 0.287 e. The van der Waals surface area contributed by atoms with Crippen LogP contribution in [0, 0.1) is 6.92 Å². The number of pyridine rings is 1. The Hall–Kier alpha value is -2.74. The molecule has 124 valence electrons. The van der Waals surface area contributed by atoms with Gasteiger partial charge in [-0.05, 0) is 31.5 Å². The zero-order valence-corrected chi connectivity index (χ0v) is 14.0. The molecular weight excluding hydrogens is 326 g/mol. The van der Waals surface area contributed by atoms with E-state index in [1.807, 2.05) is 25.1 Å². The molecule has 7 nitrogen and oxygen atoms in total. The Kier molecular flexibility index (Phi) is 5.17. The fraction of sp³-hybridized carbons (Fsp3) is 0.250. The molecule has 0 aliphatic heterocycles. The van der Waals surface area contributed by atoms with Crippen molar-refractivity contribution < 1.29 is 9.21 Å². The average molecular weight is 343 g/mol. The lowest BCUT2D eigenvalue weighted by molar-refractivity contribution is 0.0925. The third kappa shape index (κ3) is 3.96. The molecule has 0 fully saturated rings. The summed E-state index contributed by atoms with van der Waals surface area (Å²) in [5, 5.41) is 15.8. The smallest absolute Gasteiger partial charge is 0.287 e. The Labute approximate surface area is 143 Å². The largest absolute Gasteiger partial charge is 0.459 e. The first-order valence-electron chi connectivity index (χ1n) is 7.55. The van der Waals surface area contributed by atoms with Crippen LogP contribution in [0.2, 0.25) is 0 Å². The van der Waals surface area contributed by atoms with Gasteiger partial charge < -0.3 is 15.1 Å². The van der Waals surface area contributed by atoms with Crippen molar-refractivity contribution in [1.29, 1.82) is 0 Å². The van der Waals surface area contributed by atoms with Crippen molar-refractivity contribution in [2.24, 2.45) is 0 Å². The number of carbonyl (C=O) groups excluding carboxylic acids is 1. The van der Waals surface area contributed by atoms with Gasteiger partial charge in [-0.2, -0.15) is 0 Å². The quantitative estimate of drug-likeness (QED) is 0.641. The number of aryl methyl sites for hydroxylation is 1. The van der Waals surface area contributed by atoms with Gasteiger partial charge in [-0.3, -0.25) is 9.78 Å². The van der Waals surface area contributed by atoms with Gasteiger partial charge in [-0.1, -0.05) is 17.4 Å². The Balaban J connectivity index is 1.40. The van der Waals surface area contributed by atoms with Crippen LogP contribution in [0.1, 0.15) is 22.5 Å². The first-order chi connectivity index (χ1) is 11.7. The number of anilines is 1. The predicted molar refractivity (Wildman–Crippen MR) is 92.0 cm³/mol. The number of furan rings is 1. The van der Waals surface area contributed by atoms with Crippen LogP contribution in [0.15, 0.2) is 41.1 Å². The minimum atomic E-state index is -0.189. The third-order valence-corrected chi connectivity index (χ3v) is 4.20. The fourth-order valence-electron chi connectivity index (χ4n) is 2.06. The van der Waals surface area contributed by atoms with Gasteiger partial charge in [0.2, 0.25) is 5.13 Å². The summed E-state index contributed by atoms with van der Waals surface area (Å²) >= 11 is 1.45. The molecule has 3 aromatic rings. The summed E-state index contributed by atoms with van der Waals surface area (Å²) in [5.41, 5.74) is 1.64. The summed E-state index contributed by atoms with van der Waals surface area (Å²) in [6, 6.07) is 7.45. The highest BCUT2D eigenvalue weighted by Gasteiger charge is 2.11. The summed E-state index contributed by atoms with van der Waals surface area (Å²) in [6.07, 6.45) is 4.01. The maximum atomic E-state index is 11.9. The lowest BCUT2D eigenvalue weighted by Gasteiger charge is -2.04. The SMILES string of the molecule is Cc1ccoc1C(=O)NCCCNc1nnc(-c2ccccn2)s1. The molecule has 2 N–H and O–H groups in total. The van der Waals surface area contributed by atoms with Crippen LogP contribution in [0.25, 0.3) is 10.7 Å². The third-order valence-electron chi connectivity index (χ3n) is 3.29. The summed E-state index contributed by atoms with van der Waals surface area (Å²) in [6.45, 7) is 3.08. The van der Waals surface area contributed by atoms with E-state index in [1.165, 1.54) is 17.6 Å². The van der Waals surface area contributed by atoms with Gasteiger partial charge in [0, 0.05) is 24.8 Å². The molecule has 0 bridgehead atoms. The Morgan fingerprint density at radius 2 is 2.17 bits per heavy atom. The van der Waals surface area contributed by atoms with Crippen molar-refractivity contribution in [2.45, 2.75) is 13.3 Å². The molecule has 0 radical (unpaired) electrons. The van der Waals surface area contributed by atoms with Crippen LogP contribution in [-0.2, 0) is 0 Å². The van der Waals surface area contributed by atoms with Crippen LogP contribution in [0.5, 0.6) is 0 Å². The number of hydrogen-bond acceptors (Lipinski definition) is 7. The zero-order chi connectivity index (χ0) is 16.8. The van der Waals surface area contributed by atoms with Crippen LogP contribution in [-0.4, -0.2) is 34.2 Å². The molecule has 0 saturated heterocycles. The molecule has 8 heteroatoms. The van der Waals surface area contributed by atoms with E-state index < -0.39 is 0 Å². The second-order valence-corrected chi connectivity index (χ2v) is 6.07. The highest BCUT2D eigenvalue weighted by Crippen LogP contribution is 2.24. The lowest BCUT2D eigenvalue weighted by Crippen LogP contribution is -2.25. The Morgan fingerprint density at radius 3 is 2.92 bits per heavy atom. The molecule has 0 saturated carbocycles. The van der Waals surface area contributed by atoms with E-state index >= 15 is 0 Å². The van der Waals surface area contributed by atoms with Gasteiger partial charge >= 0.3 is 0 Å².